The molecule has 0 aliphatic heterocycles. The van der Waals surface area contributed by atoms with Gasteiger partial charge in [-0.2, -0.15) is 26.3 Å². The molecule has 0 radical (unpaired) electrons. The molecule has 37 heavy (non-hydrogen) atoms. The minimum Gasteiger partial charge on any atom is -0.166 e. The molecule has 3 atom stereocenters. The highest BCUT2D eigenvalue weighted by Gasteiger charge is 2.46. The van der Waals surface area contributed by atoms with E-state index in [1.165, 1.54) is 0 Å². The first-order valence-electron chi connectivity index (χ1n) is 12.7. The number of halogens is 6. The van der Waals surface area contributed by atoms with Crippen molar-refractivity contribution in [2.45, 2.75) is 102 Å². The molecule has 0 spiro atoms. The third-order valence-electron chi connectivity index (χ3n) is 7.28. The Morgan fingerprint density at radius 3 is 1.35 bits per heavy atom. The molecule has 0 nitrogen and oxygen atoms in total. The Hall–Kier alpha value is -1.12. The summed E-state index contributed by atoms with van der Waals surface area (Å²) in [4.78, 5) is 0. The van der Waals surface area contributed by atoms with Crippen molar-refractivity contribution < 1.29 is 26.3 Å². The van der Waals surface area contributed by atoms with Gasteiger partial charge in [0.25, 0.3) is 0 Å². The summed E-state index contributed by atoms with van der Waals surface area (Å²) in [6.45, 7) is 16.1. The van der Waals surface area contributed by atoms with Crippen LogP contribution in [0.4, 0.5) is 26.3 Å². The van der Waals surface area contributed by atoms with E-state index < -0.39 is 39.3 Å². The zero-order valence-electron chi connectivity index (χ0n) is 22.6. The van der Waals surface area contributed by atoms with Crippen molar-refractivity contribution in [3.63, 3.8) is 0 Å². The molecule has 1 saturated carbocycles. The van der Waals surface area contributed by atoms with E-state index in [0.717, 1.165) is 54.1 Å². The highest BCUT2D eigenvalue weighted by atomic mass is 31.1. The lowest BCUT2D eigenvalue weighted by atomic mass is 10.0. The number of hydrogen-bond donors (Lipinski definition) is 0. The van der Waals surface area contributed by atoms with Crippen molar-refractivity contribution in [3.8, 4) is 0 Å². The standard InChI is InChI=1S/C29H38F6P2/c1-19(37(26(2,3)4)27(5,6)7)24-9-8-10-25(24)36(22-15-11-20(12-16-22)28(30,31)32)23-17-13-21(14-18-23)29(33,34)35/h11-19,24-25H,8-10H2,1-7H3/t19-,24?,25+/m1/s1. The fraction of sp³-hybridized carbons (Fsp3) is 0.586. The van der Waals surface area contributed by atoms with E-state index in [1.807, 2.05) is 0 Å². The fourth-order valence-corrected chi connectivity index (χ4v) is 15.0. The van der Waals surface area contributed by atoms with Crippen LogP contribution in [-0.4, -0.2) is 21.6 Å². The highest BCUT2D eigenvalue weighted by molar-refractivity contribution is 7.73. The van der Waals surface area contributed by atoms with Gasteiger partial charge in [-0.1, -0.05) is 87.1 Å². The van der Waals surface area contributed by atoms with E-state index in [9.17, 15) is 26.3 Å². The van der Waals surface area contributed by atoms with Gasteiger partial charge in [-0.15, -0.1) is 0 Å². The maximum Gasteiger partial charge on any atom is 0.416 e. The molecular weight excluding hydrogens is 524 g/mol. The van der Waals surface area contributed by atoms with E-state index in [-0.39, 0.29) is 16.0 Å². The van der Waals surface area contributed by atoms with E-state index in [1.54, 1.807) is 24.3 Å². The summed E-state index contributed by atoms with van der Waals surface area (Å²) >= 11 is 0. The molecule has 3 rings (SSSR count). The Balaban J connectivity index is 2.09. The SMILES string of the molecule is C[C@H](C1CCC[C@@H]1P(c1ccc(C(F)(F)F)cc1)c1ccc(C(F)(F)F)cc1)P(C(C)(C)C)C(C)(C)C. The predicted octanol–water partition coefficient (Wildman–Crippen LogP) is 9.79. The van der Waals surface area contributed by atoms with Crippen molar-refractivity contribution in [2.24, 2.45) is 5.92 Å². The summed E-state index contributed by atoms with van der Waals surface area (Å²) in [6, 6.07) is 10.6. The van der Waals surface area contributed by atoms with Crippen LogP contribution in [0.15, 0.2) is 48.5 Å². The first-order chi connectivity index (χ1) is 16.8. The Morgan fingerprint density at radius 2 is 1.03 bits per heavy atom. The molecule has 2 aromatic rings. The Kier molecular flexibility index (Phi) is 8.88. The van der Waals surface area contributed by atoms with Crippen LogP contribution >= 0.6 is 15.8 Å². The minimum atomic E-state index is -4.44. The van der Waals surface area contributed by atoms with Gasteiger partial charge in [-0.3, -0.25) is 0 Å². The number of rotatable bonds is 5. The monoisotopic (exact) mass is 562 g/mol. The predicted molar refractivity (Wildman–Crippen MR) is 146 cm³/mol. The van der Waals surface area contributed by atoms with E-state index in [0.29, 0.717) is 11.6 Å². The smallest absolute Gasteiger partial charge is 0.166 e. The van der Waals surface area contributed by atoms with Crippen molar-refractivity contribution in [3.05, 3.63) is 59.7 Å². The summed E-state index contributed by atoms with van der Waals surface area (Å²) in [7, 11) is -1.57. The molecule has 1 aliphatic carbocycles. The fourth-order valence-electron chi connectivity index (χ4n) is 6.43. The van der Waals surface area contributed by atoms with Crippen LogP contribution in [0.5, 0.6) is 0 Å². The van der Waals surface area contributed by atoms with Crippen LogP contribution < -0.4 is 10.6 Å². The lowest BCUT2D eigenvalue weighted by molar-refractivity contribution is -0.138. The highest BCUT2D eigenvalue weighted by Crippen LogP contribution is 2.67. The molecule has 0 saturated heterocycles. The maximum absolute atomic E-state index is 13.3. The molecule has 1 unspecified atom stereocenters. The van der Waals surface area contributed by atoms with Gasteiger partial charge in [0.05, 0.1) is 11.1 Å². The maximum atomic E-state index is 13.3. The van der Waals surface area contributed by atoms with Gasteiger partial charge in [0.15, 0.2) is 0 Å². The quantitative estimate of drug-likeness (QED) is 0.251. The van der Waals surface area contributed by atoms with Crippen LogP contribution in [0.1, 0.15) is 78.9 Å². The molecule has 0 heterocycles. The second-order valence-corrected chi connectivity index (χ2v) is 18.7. The average molecular weight is 563 g/mol. The van der Waals surface area contributed by atoms with Gasteiger partial charge in [0, 0.05) is 0 Å². The Morgan fingerprint density at radius 1 is 0.649 bits per heavy atom. The normalized spacial score (nSPS) is 20.6. The molecule has 8 heteroatoms. The number of alkyl halides is 6. The summed E-state index contributed by atoms with van der Waals surface area (Å²) in [5.74, 6) is 0.361. The minimum absolute atomic E-state index is 0.117. The summed E-state index contributed by atoms with van der Waals surface area (Å²) < 4.78 is 79.7. The number of benzene rings is 2. The molecule has 0 bridgehead atoms. The molecule has 0 aromatic heterocycles. The van der Waals surface area contributed by atoms with Crippen LogP contribution in [0.3, 0.4) is 0 Å². The lowest BCUT2D eigenvalue weighted by Crippen LogP contribution is -2.37. The van der Waals surface area contributed by atoms with Crippen LogP contribution in [0, 0.1) is 5.92 Å². The van der Waals surface area contributed by atoms with Gasteiger partial charge in [-0.05, 0) is 83.2 Å². The molecule has 1 fully saturated rings. The first kappa shape index (κ1) is 30.4. The zero-order valence-corrected chi connectivity index (χ0v) is 24.4. The zero-order chi connectivity index (χ0) is 28.0. The third kappa shape index (κ3) is 7.10. The van der Waals surface area contributed by atoms with Gasteiger partial charge in [0.1, 0.15) is 0 Å². The van der Waals surface area contributed by atoms with Crippen LogP contribution in [-0.2, 0) is 12.4 Å². The second-order valence-electron chi connectivity index (χ2n) is 12.1. The molecule has 1 aliphatic rings. The van der Waals surface area contributed by atoms with E-state index in [4.69, 9.17) is 0 Å². The van der Waals surface area contributed by atoms with Crippen molar-refractivity contribution in [1.29, 1.82) is 0 Å². The summed E-state index contributed by atoms with van der Waals surface area (Å²) in [5, 5.41) is 1.82. The topological polar surface area (TPSA) is 0 Å². The summed E-state index contributed by atoms with van der Waals surface area (Å²) in [5.41, 5.74) is -0.803. The molecule has 0 N–H and O–H groups in total. The van der Waals surface area contributed by atoms with E-state index in [2.05, 4.69) is 48.5 Å². The van der Waals surface area contributed by atoms with Crippen LogP contribution in [0.2, 0.25) is 0 Å². The first-order valence-corrected chi connectivity index (χ1v) is 15.6. The largest absolute Gasteiger partial charge is 0.416 e. The summed E-state index contributed by atoms with van der Waals surface area (Å²) in [6.07, 6.45) is -5.88. The van der Waals surface area contributed by atoms with Crippen LogP contribution in [0.25, 0.3) is 0 Å². The average Bonchev–Trinajstić information content (AvgIpc) is 3.21. The van der Waals surface area contributed by atoms with Gasteiger partial charge >= 0.3 is 12.4 Å². The third-order valence-corrected chi connectivity index (χ3v) is 14.4. The van der Waals surface area contributed by atoms with Gasteiger partial charge in [0.2, 0.25) is 0 Å². The van der Waals surface area contributed by atoms with Gasteiger partial charge < -0.3 is 0 Å². The van der Waals surface area contributed by atoms with Gasteiger partial charge in [-0.25, -0.2) is 0 Å². The van der Waals surface area contributed by atoms with Crippen molar-refractivity contribution >= 4 is 26.5 Å². The van der Waals surface area contributed by atoms with Crippen molar-refractivity contribution in [2.75, 3.05) is 0 Å². The second kappa shape index (κ2) is 10.8. The number of hydrogen-bond acceptors (Lipinski definition) is 0. The Labute approximate surface area is 220 Å². The molecular formula is C29H38F6P2. The molecule has 2 aromatic carbocycles. The molecule has 206 valence electrons. The van der Waals surface area contributed by atoms with Crippen molar-refractivity contribution in [1.82, 2.24) is 0 Å². The lowest BCUT2D eigenvalue weighted by Gasteiger charge is -2.49. The van der Waals surface area contributed by atoms with E-state index >= 15 is 0 Å². The molecule has 0 amide bonds. The Bertz CT molecular complexity index is 956.